The normalized spacial score (nSPS) is 23.9. The number of para-hydroxylation sites is 2. The van der Waals surface area contributed by atoms with E-state index < -0.39 is 21.8 Å². The molecule has 0 N–H and O–H groups in total. The molecule has 1 fully saturated rings. The highest BCUT2D eigenvalue weighted by Gasteiger charge is 2.43. The molecule has 1 saturated heterocycles. The molecule has 31 heavy (non-hydrogen) atoms. The zero-order valence-corrected chi connectivity index (χ0v) is 19.8. The van der Waals surface area contributed by atoms with Gasteiger partial charge in [-0.2, -0.15) is 0 Å². The van der Waals surface area contributed by atoms with Crippen molar-refractivity contribution in [1.82, 2.24) is 0 Å². The Morgan fingerprint density at radius 2 is 1.45 bits per heavy atom. The van der Waals surface area contributed by atoms with Crippen LogP contribution in [0.15, 0.2) is 60.7 Å². The van der Waals surface area contributed by atoms with Gasteiger partial charge in [0.1, 0.15) is 11.5 Å². The highest BCUT2D eigenvalue weighted by Crippen LogP contribution is 2.59. The maximum Gasteiger partial charge on any atom is 0.588 e. The highest BCUT2D eigenvalue weighted by atomic mass is 31.2. The van der Waals surface area contributed by atoms with Gasteiger partial charge in [0.05, 0.1) is 13.2 Å². The molecule has 7 nitrogen and oxygen atoms in total. The van der Waals surface area contributed by atoms with E-state index >= 15 is 0 Å². The van der Waals surface area contributed by atoms with Crippen LogP contribution in [0.5, 0.6) is 11.5 Å². The topological polar surface area (TPSA) is 80.3 Å². The molecule has 0 spiro atoms. The molecule has 0 saturated carbocycles. The lowest BCUT2D eigenvalue weighted by molar-refractivity contribution is 0.00173. The maximum absolute atomic E-state index is 13.4. The Bertz CT molecular complexity index is 847. The number of phosphoric ester groups is 1. The van der Waals surface area contributed by atoms with Crippen LogP contribution in [0.3, 0.4) is 0 Å². The lowest BCUT2D eigenvalue weighted by atomic mass is 9.82. The van der Waals surface area contributed by atoms with Gasteiger partial charge >= 0.3 is 15.4 Å². The van der Waals surface area contributed by atoms with Gasteiger partial charge in [-0.3, -0.25) is 9.09 Å². The van der Waals surface area contributed by atoms with Gasteiger partial charge in [-0.15, -0.1) is 0 Å². The summed E-state index contributed by atoms with van der Waals surface area (Å²) < 4.78 is 54.2. The molecule has 1 heterocycles. The molecular weight excluding hydrogens is 438 g/mol. The molecule has 2 aromatic rings. The van der Waals surface area contributed by atoms with E-state index in [1.165, 1.54) is 0 Å². The van der Waals surface area contributed by atoms with E-state index in [4.69, 9.17) is 22.6 Å². The summed E-state index contributed by atoms with van der Waals surface area (Å²) in [6.45, 7) is 4.83. The molecule has 1 aliphatic rings. The fourth-order valence-electron chi connectivity index (χ4n) is 3.13. The van der Waals surface area contributed by atoms with Crippen LogP contribution in [-0.2, 0) is 22.7 Å². The predicted molar refractivity (Wildman–Crippen MR) is 119 cm³/mol. The van der Waals surface area contributed by atoms with E-state index in [9.17, 15) is 9.13 Å². The van der Waals surface area contributed by atoms with Gasteiger partial charge in [0.2, 0.25) is 0 Å². The molecule has 0 radical (unpaired) electrons. The minimum absolute atomic E-state index is 0.158. The van der Waals surface area contributed by atoms with E-state index in [0.717, 1.165) is 25.7 Å². The van der Waals surface area contributed by atoms with Crippen LogP contribution >= 0.6 is 15.4 Å². The minimum Gasteiger partial charge on any atom is -0.395 e. The molecule has 1 aliphatic heterocycles. The molecule has 0 unspecified atom stereocenters. The first-order valence-corrected chi connectivity index (χ1v) is 13.7. The fourth-order valence-corrected chi connectivity index (χ4v) is 6.33. The molecular formula is C22H30O7P2. The number of unbranched alkanes of at least 4 members (excludes halogenated alkanes) is 1. The fraction of sp³-hybridized carbons (Fsp3) is 0.455. The zero-order valence-electron chi connectivity index (χ0n) is 18.0. The van der Waals surface area contributed by atoms with Crippen LogP contribution in [0, 0.1) is 5.41 Å². The molecule has 0 atom stereocenters. The Morgan fingerprint density at radius 1 is 0.935 bits per heavy atom. The molecule has 0 bridgehead atoms. The van der Waals surface area contributed by atoms with Gasteiger partial charge in [0.15, 0.2) is 6.35 Å². The van der Waals surface area contributed by atoms with Crippen LogP contribution in [-0.4, -0.2) is 19.6 Å². The van der Waals surface area contributed by atoms with Crippen LogP contribution in [0.2, 0.25) is 0 Å². The number of benzene rings is 2. The standard InChI is InChI=1S/C22H30O7P2/c1-3-5-16-22(4-2)17-25-30(23,26-18-22)19-27-31(24,28-20-12-8-6-9-13-20)29-21-14-10-7-11-15-21/h6-15H,3-5,16-19H2,1-2H3. The van der Waals surface area contributed by atoms with Crippen molar-refractivity contribution in [3.63, 3.8) is 0 Å². The van der Waals surface area contributed by atoms with Crippen molar-refractivity contribution in [2.24, 2.45) is 5.41 Å². The predicted octanol–water partition coefficient (Wildman–Crippen LogP) is 7.05. The molecule has 3 rings (SSSR count). The molecule has 2 aromatic carbocycles. The van der Waals surface area contributed by atoms with Crippen molar-refractivity contribution in [3.8, 4) is 11.5 Å². The second-order valence-electron chi connectivity index (χ2n) is 7.63. The van der Waals surface area contributed by atoms with E-state index in [1.807, 2.05) is 0 Å². The maximum atomic E-state index is 13.4. The summed E-state index contributed by atoms with van der Waals surface area (Å²) >= 11 is 0. The summed E-state index contributed by atoms with van der Waals surface area (Å²) in [5.74, 6) is 0.602. The monoisotopic (exact) mass is 468 g/mol. The van der Waals surface area contributed by atoms with Crippen molar-refractivity contribution < 1.29 is 31.7 Å². The summed E-state index contributed by atoms with van der Waals surface area (Å²) in [5, 5.41) is 0. The molecule has 9 heteroatoms. The van der Waals surface area contributed by atoms with Gasteiger partial charge in [0.25, 0.3) is 0 Å². The largest absolute Gasteiger partial charge is 0.588 e. The number of hydrogen-bond donors (Lipinski definition) is 0. The smallest absolute Gasteiger partial charge is 0.395 e. The third kappa shape index (κ3) is 6.93. The Morgan fingerprint density at radius 3 is 1.90 bits per heavy atom. The first kappa shape index (κ1) is 24.0. The third-order valence-corrected chi connectivity index (χ3v) is 8.25. The highest BCUT2D eigenvalue weighted by molar-refractivity contribution is 7.55. The number of rotatable bonds is 11. The van der Waals surface area contributed by atoms with Gasteiger partial charge in [-0.05, 0) is 37.1 Å². The van der Waals surface area contributed by atoms with Crippen LogP contribution in [0.25, 0.3) is 0 Å². The van der Waals surface area contributed by atoms with Crippen molar-refractivity contribution in [1.29, 1.82) is 0 Å². The Labute approximate surface area is 184 Å². The quantitative estimate of drug-likeness (QED) is 0.327. The van der Waals surface area contributed by atoms with Gasteiger partial charge in [-0.1, -0.05) is 63.1 Å². The van der Waals surface area contributed by atoms with Crippen molar-refractivity contribution in [2.75, 3.05) is 19.6 Å². The first-order chi connectivity index (χ1) is 14.9. The van der Waals surface area contributed by atoms with Crippen LogP contribution in [0.4, 0.5) is 0 Å². The Hall–Kier alpha value is -1.62. The minimum atomic E-state index is -4.16. The van der Waals surface area contributed by atoms with Crippen molar-refractivity contribution in [3.05, 3.63) is 60.7 Å². The van der Waals surface area contributed by atoms with E-state index in [-0.39, 0.29) is 5.41 Å². The lowest BCUT2D eigenvalue weighted by Crippen LogP contribution is -2.35. The summed E-state index contributed by atoms with van der Waals surface area (Å²) in [6.07, 6.45) is 3.39. The lowest BCUT2D eigenvalue weighted by Gasteiger charge is -2.39. The number of hydrogen-bond acceptors (Lipinski definition) is 7. The van der Waals surface area contributed by atoms with E-state index in [1.54, 1.807) is 60.7 Å². The molecule has 0 amide bonds. The summed E-state index contributed by atoms with van der Waals surface area (Å²) in [6, 6.07) is 17.1. The second-order valence-corrected chi connectivity index (χ2v) is 11.1. The summed E-state index contributed by atoms with van der Waals surface area (Å²) in [4.78, 5) is 0. The summed E-state index contributed by atoms with van der Waals surface area (Å²) in [5.41, 5.74) is -0.158. The third-order valence-electron chi connectivity index (χ3n) is 5.24. The average Bonchev–Trinajstić information content (AvgIpc) is 2.79. The summed E-state index contributed by atoms with van der Waals surface area (Å²) in [7, 11) is -7.76. The Balaban J connectivity index is 1.68. The average molecular weight is 468 g/mol. The van der Waals surface area contributed by atoms with E-state index in [0.29, 0.717) is 24.7 Å². The number of phosphoric acid groups is 1. The van der Waals surface area contributed by atoms with Crippen LogP contribution < -0.4 is 9.05 Å². The van der Waals surface area contributed by atoms with Crippen LogP contribution in [0.1, 0.15) is 39.5 Å². The SMILES string of the molecule is CCCCC1(CC)COP(=O)(COP(=O)(Oc2ccccc2)Oc2ccccc2)OC1. The van der Waals surface area contributed by atoms with Gasteiger partial charge in [-0.25, -0.2) is 4.57 Å². The first-order valence-electron chi connectivity index (χ1n) is 10.5. The van der Waals surface area contributed by atoms with Crippen molar-refractivity contribution in [2.45, 2.75) is 39.5 Å². The van der Waals surface area contributed by atoms with Gasteiger partial charge < -0.3 is 18.1 Å². The zero-order chi connectivity index (χ0) is 22.2. The van der Waals surface area contributed by atoms with Gasteiger partial charge in [0, 0.05) is 5.41 Å². The Kier molecular flexibility index (Phi) is 8.37. The van der Waals surface area contributed by atoms with Crippen molar-refractivity contribution >= 4 is 15.4 Å². The molecule has 170 valence electrons. The molecule has 0 aliphatic carbocycles. The molecule has 0 aromatic heterocycles. The van der Waals surface area contributed by atoms with E-state index in [2.05, 4.69) is 13.8 Å². The second kappa shape index (κ2) is 10.8.